The highest BCUT2D eigenvalue weighted by Crippen LogP contribution is 2.15. The molecule has 0 unspecified atom stereocenters. The van der Waals surface area contributed by atoms with Crippen molar-refractivity contribution in [2.24, 2.45) is 0 Å². The third kappa shape index (κ3) is 6.77. The maximum Gasteiger partial charge on any atom is 0.333 e. The van der Waals surface area contributed by atoms with Gasteiger partial charge in [-0.1, -0.05) is 42.2 Å². The van der Waals surface area contributed by atoms with Crippen LogP contribution in [-0.2, 0) is 22.4 Å². The van der Waals surface area contributed by atoms with Gasteiger partial charge in [-0.05, 0) is 62.1 Å². The molecule has 3 nitrogen and oxygen atoms in total. The zero-order valence-corrected chi connectivity index (χ0v) is 16.0. The van der Waals surface area contributed by atoms with Crippen LogP contribution in [0.4, 0.5) is 0 Å². The molecule has 0 atom stereocenters. The number of esters is 1. The highest BCUT2D eigenvalue weighted by Gasteiger charge is 2.07. The second-order valence-corrected chi connectivity index (χ2v) is 6.59. The Morgan fingerprint density at radius 2 is 1.70 bits per heavy atom. The number of aliphatic hydroxyl groups is 1. The summed E-state index contributed by atoms with van der Waals surface area (Å²) >= 11 is 0. The molecule has 1 N–H and O–H groups in total. The molecule has 0 aliphatic carbocycles. The fraction of sp³-hybridized carbons (Fsp3) is 0.292. The van der Waals surface area contributed by atoms with Gasteiger partial charge < -0.3 is 9.84 Å². The van der Waals surface area contributed by atoms with E-state index in [4.69, 9.17) is 9.84 Å². The summed E-state index contributed by atoms with van der Waals surface area (Å²) in [6.45, 7) is 7.73. The normalized spacial score (nSPS) is 10.0. The molecule has 0 bridgehead atoms. The van der Waals surface area contributed by atoms with Crippen LogP contribution in [0.15, 0.2) is 54.6 Å². The largest absolute Gasteiger partial charge is 0.462 e. The van der Waals surface area contributed by atoms with Gasteiger partial charge in [-0.3, -0.25) is 0 Å². The van der Waals surface area contributed by atoms with Gasteiger partial charge in [0.25, 0.3) is 0 Å². The van der Waals surface area contributed by atoms with Crippen LogP contribution in [-0.4, -0.2) is 24.3 Å². The SMILES string of the molecule is C=C(C)C(=O)OCCc1cc(C#Cc2ccc(C)cc2)ccc1CCCO. The van der Waals surface area contributed by atoms with E-state index < -0.39 is 0 Å². The topological polar surface area (TPSA) is 46.5 Å². The van der Waals surface area contributed by atoms with Crippen LogP contribution in [0.5, 0.6) is 0 Å². The molecule has 0 amide bonds. The van der Waals surface area contributed by atoms with E-state index in [1.165, 1.54) is 5.56 Å². The predicted octanol–water partition coefficient (Wildman–Crippen LogP) is 3.98. The zero-order valence-electron chi connectivity index (χ0n) is 16.0. The van der Waals surface area contributed by atoms with E-state index in [1.807, 2.05) is 42.5 Å². The molecule has 0 heterocycles. The molecule has 0 radical (unpaired) electrons. The minimum Gasteiger partial charge on any atom is -0.462 e. The lowest BCUT2D eigenvalue weighted by Gasteiger charge is -2.11. The number of carbonyl (C=O) groups excluding carboxylic acids is 1. The fourth-order valence-electron chi connectivity index (χ4n) is 2.61. The Hall–Kier alpha value is -2.83. The van der Waals surface area contributed by atoms with Crippen LogP contribution in [0, 0.1) is 18.8 Å². The quantitative estimate of drug-likeness (QED) is 0.460. The maximum atomic E-state index is 11.6. The van der Waals surface area contributed by atoms with E-state index in [0.717, 1.165) is 28.7 Å². The standard InChI is InChI=1S/C24H26O3/c1-18(2)24(26)27-16-14-23-17-21(12-13-22(23)5-4-15-25)11-10-20-8-6-19(3)7-9-20/h6-9,12-13,17,25H,1,4-5,14-16H2,2-3H3. The summed E-state index contributed by atoms with van der Waals surface area (Å²) in [7, 11) is 0. The van der Waals surface area contributed by atoms with Gasteiger partial charge in [0.1, 0.15) is 0 Å². The summed E-state index contributed by atoms with van der Waals surface area (Å²) in [5.74, 6) is 6.01. The Morgan fingerprint density at radius 3 is 2.37 bits per heavy atom. The molecule has 27 heavy (non-hydrogen) atoms. The van der Waals surface area contributed by atoms with Crippen LogP contribution >= 0.6 is 0 Å². The molecule has 0 saturated heterocycles. The lowest BCUT2D eigenvalue weighted by Crippen LogP contribution is -2.09. The van der Waals surface area contributed by atoms with Gasteiger partial charge in [-0.25, -0.2) is 4.79 Å². The van der Waals surface area contributed by atoms with Crippen LogP contribution in [0.25, 0.3) is 0 Å². The first kappa shape index (κ1) is 20.5. The van der Waals surface area contributed by atoms with Crippen LogP contribution in [0.1, 0.15) is 41.2 Å². The highest BCUT2D eigenvalue weighted by atomic mass is 16.5. The second kappa shape index (κ2) is 10.4. The lowest BCUT2D eigenvalue weighted by molar-refractivity contribution is -0.138. The summed E-state index contributed by atoms with van der Waals surface area (Å²) < 4.78 is 5.22. The number of rotatable bonds is 7. The zero-order chi connectivity index (χ0) is 19.6. The third-order valence-electron chi connectivity index (χ3n) is 4.17. The van der Waals surface area contributed by atoms with Crippen LogP contribution in [0.2, 0.25) is 0 Å². The molecule has 2 aromatic rings. The molecule has 0 spiro atoms. The Kier molecular flexibility index (Phi) is 7.85. The molecule has 2 rings (SSSR count). The monoisotopic (exact) mass is 362 g/mol. The van der Waals surface area contributed by atoms with E-state index in [-0.39, 0.29) is 12.6 Å². The van der Waals surface area contributed by atoms with E-state index in [0.29, 0.717) is 25.0 Å². The highest BCUT2D eigenvalue weighted by molar-refractivity contribution is 5.86. The summed E-state index contributed by atoms with van der Waals surface area (Å²) in [5, 5.41) is 9.11. The number of aryl methyl sites for hydroxylation is 2. The van der Waals surface area contributed by atoms with Crippen molar-refractivity contribution in [2.75, 3.05) is 13.2 Å². The lowest BCUT2D eigenvalue weighted by atomic mass is 9.98. The Bertz CT molecular complexity index is 851. The average molecular weight is 362 g/mol. The number of carbonyl (C=O) groups is 1. The van der Waals surface area contributed by atoms with Gasteiger partial charge >= 0.3 is 5.97 Å². The Labute approximate surface area is 161 Å². The molecule has 0 aliphatic heterocycles. The van der Waals surface area contributed by atoms with Gasteiger partial charge in [0.2, 0.25) is 0 Å². The summed E-state index contributed by atoms with van der Waals surface area (Å²) in [6, 6.07) is 14.2. The van der Waals surface area contributed by atoms with Crippen molar-refractivity contribution in [1.82, 2.24) is 0 Å². The van der Waals surface area contributed by atoms with Crippen molar-refractivity contribution >= 4 is 5.97 Å². The van der Waals surface area contributed by atoms with E-state index >= 15 is 0 Å². The minimum atomic E-state index is -0.373. The first-order valence-electron chi connectivity index (χ1n) is 9.13. The fourth-order valence-corrected chi connectivity index (χ4v) is 2.61. The molecule has 0 aliphatic rings. The number of hydrogen-bond acceptors (Lipinski definition) is 3. The van der Waals surface area contributed by atoms with Crippen LogP contribution in [0.3, 0.4) is 0 Å². The summed E-state index contributed by atoms with van der Waals surface area (Å²) in [5.41, 5.74) is 5.74. The van der Waals surface area contributed by atoms with Crippen molar-refractivity contribution in [3.05, 3.63) is 82.4 Å². The number of hydrogen-bond donors (Lipinski definition) is 1. The molecule has 0 saturated carbocycles. The Morgan fingerprint density at radius 1 is 1.04 bits per heavy atom. The number of ether oxygens (including phenoxy) is 1. The van der Waals surface area contributed by atoms with Crippen molar-refractivity contribution in [3.63, 3.8) is 0 Å². The van der Waals surface area contributed by atoms with Crippen LogP contribution < -0.4 is 0 Å². The maximum absolute atomic E-state index is 11.6. The van der Waals surface area contributed by atoms with Crippen molar-refractivity contribution in [2.45, 2.75) is 33.1 Å². The van der Waals surface area contributed by atoms with Gasteiger partial charge in [-0.15, -0.1) is 0 Å². The number of aliphatic hydroxyl groups excluding tert-OH is 1. The van der Waals surface area contributed by atoms with E-state index in [1.54, 1.807) is 6.92 Å². The smallest absolute Gasteiger partial charge is 0.333 e. The first-order chi connectivity index (χ1) is 13.0. The molecule has 3 heteroatoms. The summed E-state index contributed by atoms with van der Waals surface area (Å²) in [6.07, 6.45) is 2.10. The molecular formula is C24H26O3. The van der Waals surface area contributed by atoms with Gasteiger partial charge in [0.15, 0.2) is 0 Å². The minimum absolute atomic E-state index is 0.152. The van der Waals surface area contributed by atoms with Crippen molar-refractivity contribution < 1.29 is 14.6 Å². The van der Waals surface area contributed by atoms with E-state index in [2.05, 4.69) is 25.3 Å². The van der Waals surface area contributed by atoms with Crippen molar-refractivity contribution in [3.8, 4) is 11.8 Å². The molecule has 140 valence electrons. The molecule has 2 aromatic carbocycles. The van der Waals surface area contributed by atoms with E-state index in [9.17, 15) is 4.79 Å². The molecule has 0 fully saturated rings. The summed E-state index contributed by atoms with van der Waals surface area (Å²) in [4.78, 5) is 11.6. The first-order valence-corrected chi connectivity index (χ1v) is 9.13. The van der Waals surface area contributed by atoms with Gasteiger partial charge in [-0.2, -0.15) is 0 Å². The van der Waals surface area contributed by atoms with Crippen molar-refractivity contribution in [1.29, 1.82) is 0 Å². The van der Waals surface area contributed by atoms with Gasteiger partial charge in [0.05, 0.1) is 6.61 Å². The average Bonchev–Trinajstić information content (AvgIpc) is 2.66. The second-order valence-electron chi connectivity index (χ2n) is 6.59. The molecular weight excluding hydrogens is 336 g/mol. The van der Waals surface area contributed by atoms with Gasteiger partial charge in [0, 0.05) is 29.7 Å². The third-order valence-corrected chi connectivity index (χ3v) is 4.17. The number of benzene rings is 2. The predicted molar refractivity (Wildman–Crippen MR) is 108 cm³/mol. The molecule has 0 aromatic heterocycles. The Balaban J connectivity index is 2.16.